The fraction of sp³-hybridized carbons (Fsp3) is 0.350. The van der Waals surface area contributed by atoms with Crippen molar-refractivity contribution in [1.82, 2.24) is 4.57 Å². The average Bonchev–Trinajstić information content (AvgIpc) is 2.96. The molecule has 0 fully saturated rings. The molecular weight excluding hydrogens is 286 g/mol. The van der Waals surface area contributed by atoms with E-state index in [1.165, 1.54) is 0 Å². The molecule has 1 N–H and O–H groups in total. The zero-order valence-electron chi connectivity index (χ0n) is 14.1. The molecule has 1 aromatic heterocycles. The van der Waals surface area contributed by atoms with Crippen LogP contribution in [-0.2, 0) is 12.0 Å². The summed E-state index contributed by atoms with van der Waals surface area (Å²) in [6, 6.07) is 8.06. The SMILES string of the molecule is CC(C)n1cc(-c2ccc(C(C)(C)O)cc2)c2c(c1=O)CC=C2. The lowest BCUT2D eigenvalue weighted by atomic mass is 9.94. The lowest BCUT2D eigenvalue weighted by molar-refractivity contribution is 0.0786. The largest absolute Gasteiger partial charge is 0.386 e. The lowest BCUT2D eigenvalue weighted by Gasteiger charge is -2.19. The molecule has 0 saturated heterocycles. The third-order valence-corrected chi connectivity index (χ3v) is 4.44. The molecule has 1 heterocycles. The van der Waals surface area contributed by atoms with Crippen molar-refractivity contribution in [3.63, 3.8) is 0 Å². The van der Waals surface area contributed by atoms with Gasteiger partial charge in [-0.1, -0.05) is 36.4 Å². The van der Waals surface area contributed by atoms with Crippen LogP contribution in [0.1, 0.15) is 50.4 Å². The summed E-state index contributed by atoms with van der Waals surface area (Å²) in [7, 11) is 0. The van der Waals surface area contributed by atoms with E-state index in [1.54, 1.807) is 13.8 Å². The highest BCUT2D eigenvalue weighted by Crippen LogP contribution is 2.31. The molecule has 1 aliphatic carbocycles. The van der Waals surface area contributed by atoms with E-state index in [9.17, 15) is 9.90 Å². The molecule has 23 heavy (non-hydrogen) atoms. The van der Waals surface area contributed by atoms with Gasteiger partial charge in [0.15, 0.2) is 0 Å². The minimum absolute atomic E-state index is 0.108. The van der Waals surface area contributed by atoms with Crippen molar-refractivity contribution >= 4 is 6.08 Å². The number of rotatable bonds is 3. The van der Waals surface area contributed by atoms with E-state index in [-0.39, 0.29) is 11.6 Å². The molecule has 3 rings (SSSR count). The maximum Gasteiger partial charge on any atom is 0.254 e. The van der Waals surface area contributed by atoms with Crippen LogP contribution in [0.4, 0.5) is 0 Å². The molecule has 2 aromatic rings. The molecule has 3 heteroatoms. The quantitative estimate of drug-likeness (QED) is 0.934. The Kier molecular flexibility index (Phi) is 3.77. The Morgan fingerprint density at radius 1 is 1.17 bits per heavy atom. The third kappa shape index (κ3) is 2.77. The Morgan fingerprint density at radius 3 is 2.39 bits per heavy atom. The number of hydrogen-bond acceptors (Lipinski definition) is 2. The highest BCUT2D eigenvalue weighted by molar-refractivity contribution is 5.78. The first kappa shape index (κ1) is 15.8. The predicted octanol–water partition coefficient (Wildman–Crippen LogP) is 3.89. The van der Waals surface area contributed by atoms with E-state index in [1.807, 2.05) is 61.0 Å². The highest BCUT2D eigenvalue weighted by Gasteiger charge is 2.20. The standard InChI is InChI=1S/C20H23NO2/c1-13(2)21-12-18(16-6-5-7-17(16)19(21)22)14-8-10-15(11-9-14)20(3,4)23/h5-6,8-13,23H,7H2,1-4H3. The second kappa shape index (κ2) is 5.50. The van der Waals surface area contributed by atoms with Crippen molar-refractivity contribution in [1.29, 1.82) is 0 Å². The predicted molar refractivity (Wildman–Crippen MR) is 94.5 cm³/mol. The summed E-state index contributed by atoms with van der Waals surface area (Å²) in [5.41, 5.74) is 4.18. The monoisotopic (exact) mass is 309 g/mol. The van der Waals surface area contributed by atoms with Crippen molar-refractivity contribution < 1.29 is 5.11 Å². The van der Waals surface area contributed by atoms with Crippen molar-refractivity contribution in [3.05, 3.63) is 63.6 Å². The molecule has 0 atom stereocenters. The highest BCUT2D eigenvalue weighted by atomic mass is 16.3. The molecule has 0 radical (unpaired) electrons. The molecule has 120 valence electrons. The van der Waals surface area contributed by atoms with Gasteiger partial charge in [-0.05, 0) is 50.8 Å². The number of fused-ring (bicyclic) bond motifs is 1. The van der Waals surface area contributed by atoms with Crippen LogP contribution < -0.4 is 5.56 Å². The zero-order chi connectivity index (χ0) is 16.8. The van der Waals surface area contributed by atoms with E-state index in [2.05, 4.69) is 0 Å². The molecule has 0 saturated carbocycles. The van der Waals surface area contributed by atoms with Crippen LogP contribution in [0, 0.1) is 0 Å². The summed E-state index contributed by atoms with van der Waals surface area (Å²) in [6.45, 7) is 7.61. The van der Waals surface area contributed by atoms with Crippen LogP contribution >= 0.6 is 0 Å². The van der Waals surface area contributed by atoms with Gasteiger partial charge < -0.3 is 9.67 Å². The summed E-state index contributed by atoms with van der Waals surface area (Å²) >= 11 is 0. The molecular formula is C20H23NO2. The number of aliphatic hydroxyl groups is 1. The van der Waals surface area contributed by atoms with Crippen LogP contribution in [-0.4, -0.2) is 9.67 Å². The van der Waals surface area contributed by atoms with Crippen LogP contribution in [0.15, 0.2) is 41.3 Å². The first-order valence-corrected chi connectivity index (χ1v) is 8.07. The Morgan fingerprint density at radius 2 is 1.83 bits per heavy atom. The molecule has 1 aromatic carbocycles. The fourth-order valence-corrected chi connectivity index (χ4v) is 3.05. The van der Waals surface area contributed by atoms with E-state index in [0.29, 0.717) is 6.42 Å². The van der Waals surface area contributed by atoms with Gasteiger partial charge in [0.1, 0.15) is 0 Å². The van der Waals surface area contributed by atoms with Crippen molar-refractivity contribution in [2.45, 2.75) is 45.8 Å². The molecule has 3 nitrogen and oxygen atoms in total. The van der Waals surface area contributed by atoms with Gasteiger partial charge >= 0.3 is 0 Å². The minimum atomic E-state index is -0.850. The van der Waals surface area contributed by atoms with Crippen LogP contribution in [0.5, 0.6) is 0 Å². The van der Waals surface area contributed by atoms with Crippen molar-refractivity contribution in [2.24, 2.45) is 0 Å². The third-order valence-electron chi connectivity index (χ3n) is 4.44. The second-order valence-electron chi connectivity index (χ2n) is 6.98. The Balaban J connectivity index is 2.17. The summed E-state index contributed by atoms with van der Waals surface area (Å²) in [4.78, 5) is 12.6. The summed E-state index contributed by atoms with van der Waals surface area (Å²) < 4.78 is 1.81. The summed E-state index contributed by atoms with van der Waals surface area (Å²) in [5.74, 6) is 0. The van der Waals surface area contributed by atoms with Crippen molar-refractivity contribution in [3.8, 4) is 11.1 Å². The number of hydrogen-bond donors (Lipinski definition) is 1. The van der Waals surface area contributed by atoms with E-state index in [4.69, 9.17) is 0 Å². The normalized spacial score (nSPS) is 13.7. The van der Waals surface area contributed by atoms with E-state index >= 15 is 0 Å². The number of allylic oxidation sites excluding steroid dienone is 1. The number of pyridine rings is 1. The fourth-order valence-electron chi connectivity index (χ4n) is 3.05. The lowest BCUT2D eigenvalue weighted by Crippen LogP contribution is -2.25. The topological polar surface area (TPSA) is 42.2 Å². The van der Waals surface area contributed by atoms with Gasteiger partial charge in [-0.25, -0.2) is 0 Å². The van der Waals surface area contributed by atoms with Gasteiger partial charge in [0.05, 0.1) is 5.60 Å². The molecule has 0 bridgehead atoms. The first-order valence-electron chi connectivity index (χ1n) is 8.07. The number of benzene rings is 1. The Hall–Kier alpha value is -2.13. The van der Waals surface area contributed by atoms with Crippen LogP contribution in [0.2, 0.25) is 0 Å². The van der Waals surface area contributed by atoms with Gasteiger partial charge in [-0.15, -0.1) is 0 Å². The Labute approximate surface area is 136 Å². The van der Waals surface area contributed by atoms with Gasteiger partial charge in [-0.3, -0.25) is 4.79 Å². The van der Waals surface area contributed by atoms with Crippen molar-refractivity contribution in [2.75, 3.05) is 0 Å². The van der Waals surface area contributed by atoms with Gasteiger partial charge in [0.2, 0.25) is 0 Å². The number of nitrogens with zero attached hydrogens (tertiary/aromatic N) is 1. The van der Waals surface area contributed by atoms with Gasteiger partial charge in [0, 0.05) is 23.4 Å². The van der Waals surface area contributed by atoms with E-state index in [0.717, 1.165) is 27.8 Å². The second-order valence-corrected chi connectivity index (χ2v) is 6.98. The molecule has 0 spiro atoms. The molecule has 0 aliphatic heterocycles. The van der Waals surface area contributed by atoms with Gasteiger partial charge in [0.25, 0.3) is 5.56 Å². The Bertz CT molecular complexity index is 818. The molecule has 0 unspecified atom stereocenters. The zero-order valence-corrected chi connectivity index (χ0v) is 14.1. The first-order chi connectivity index (χ1) is 10.8. The van der Waals surface area contributed by atoms with E-state index < -0.39 is 5.60 Å². The average molecular weight is 309 g/mol. The number of aromatic nitrogens is 1. The minimum Gasteiger partial charge on any atom is -0.386 e. The molecule has 0 amide bonds. The summed E-state index contributed by atoms with van der Waals surface area (Å²) in [6.07, 6.45) is 6.75. The maximum atomic E-state index is 12.6. The maximum absolute atomic E-state index is 12.6. The van der Waals surface area contributed by atoms with Crippen LogP contribution in [0.25, 0.3) is 17.2 Å². The summed E-state index contributed by atoms with van der Waals surface area (Å²) in [5, 5.41) is 10.1. The van der Waals surface area contributed by atoms with Gasteiger partial charge in [-0.2, -0.15) is 0 Å². The molecule has 1 aliphatic rings. The smallest absolute Gasteiger partial charge is 0.254 e. The van der Waals surface area contributed by atoms with Crippen LogP contribution in [0.3, 0.4) is 0 Å².